The molecule has 4 heteroatoms. The van der Waals surface area contributed by atoms with Gasteiger partial charge in [0.05, 0.1) is 12.1 Å². The lowest BCUT2D eigenvalue weighted by Crippen LogP contribution is -2.37. The quantitative estimate of drug-likeness (QED) is 0.855. The molecule has 0 radical (unpaired) electrons. The molecule has 128 valence electrons. The maximum Gasteiger partial charge on any atom is 0.123 e. The van der Waals surface area contributed by atoms with Gasteiger partial charge < -0.3 is 15.3 Å². The fourth-order valence-electron chi connectivity index (χ4n) is 3.71. The maximum atomic E-state index is 13.8. The second-order valence-electron chi connectivity index (χ2n) is 6.49. The molecule has 0 spiro atoms. The van der Waals surface area contributed by atoms with Crippen molar-refractivity contribution in [3.63, 3.8) is 0 Å². The van der Waals surface area contributed by atoms with E-state index in [0.717, 1.165) is 25.1 Å². The number of halogens is 1. The van der Waals surface area contributed by atoms with Gasteiger partial charge in [0.1, 0.15) is 5.82 Å². The molecule has 0 aromatic heterocycles. The molecule has 2 atom stereocenters. The SMILES string of the molecule is CNCC[C@@H](O)[C@@H](c1cccc(F)c1)N1CCc2cccc(C)c21. The summed E-state index contributed by atoms with van der Waals surface area (Å²) >= 11 is 0. The van der Waals surface area contributed by atoms with Gasteiger partial charge in [-0.3, -0.25) is 0 Å². The molecule has 3 nitrogen and oxygen atoms in total. The van der Waals surface area contributed by atoms with Gasteiger partial charge in [-0.25, -0.2) is 4.39 Å². The molecule has 0 saturated heterocycles. The van der Waals surface area contributed by atoms with E-state index in [4.69, 9.17) is 0 Å². The van der Waals surface area contributed by atoms with Crippen LogP contribution in [0.2, 0.25) is 0 Å². The number of rotatable bonds is 6. The van der Waals surface area contributed by atoms with E-state index >= 15 is 0 Å². The third-order valence-electron chi connectivity index (χ3n) is 4.81. The molecule has 0 amide bonds. The number of hydrogen-bond acceptors (Lipinski definition) is 3. The number of nitrogens with zero attached hydrogens (tertiary/aromatic N) is 1. The lowest BCUT2D eigenvalue weighted by Gasteiger charge is -2.35. The molecule has 0 bridgehead atoms. The Kier molecular flexibility index (Phi) is 5.17. The van der Waals surface area contributed by atoms with Gasteiger partial charge in [0.25, 0.3) is 0 Å². The Morgan fingerprint density at radius 3 is 2.79 bits per heavy atom. The summed E-state index contributed by atoms with van der Waals surface area (Å²) in [4.78, 5) is 2.25. The van der Waals surface area contributed by atoms with Crippen molar-refractivity contribution in [2.24, 2.45) is 0 Å². The first kappa shape index (κ1) is 16.9. The molecule has 0 unspecified atom stereocenters. The van der Waals surface area contributed by atoms with E-state index in [2.05, 4.69) is 35.3 Å². The van der Waals surface area contributed by atoms with E-state index in [0.29, 0.717) is 6.42 Å². The number of fused-ring (bicyclic) bond motifs is 1. The van der Waals surface area contributed by atoms with Crippen molar-refractivity contribution in [1.29, 1.82) is 0 Å². The van der Waals surface area contributed by atoms with Crippen molar-refractivity contribution in [3.8, 4) is 0 Å². The van der Waals surface area contributed by atoms with Crippen molar-refractivity contribution in [3.05, 3.63) is 65.0 Å². The molecule has 1 aliphatic rings. The number of nitrogens with one attached hydrogen (secondary N) is 1. The highest BCUT2D eigenvalue weighted by Crippen LogP contribution is 2.39. The summed E-state index contributed by atoms with van der Waals surface area (Å²) in [6.07, 6.45) is 1.02. The maximum absolute atomic E-state index is 13.8. The predicted molar refractivity (Wildman–Crippen MR) is 95.9 cm³/mol. The molecule has 0 fully saturated rings. The minimum Gasteiger partial charge on any atom is -0.391 e. The smallest absolute Gasteiger partial charge is 0.123 e. The number of aliphatic hydroxyl groups is 1. The highest BCUT2D eigenvalue weighted by molar-refractivity contribution is 5.64. The van der Waals surface area contributed by atoms with Gasteiger partial charge in [-0.1, -0.05) is 30.3 Å². The van der Waals surface area contributed by atoms with Crippen LogP contribution >= 0.6 is 0 Å². The highest BCUT2D eigenvalue weighted by Gasteiger charge is 2.33. The summed E-state index contributed by atoms with van der Waals surface area (Å²) in [5.74, 6) is -0.262. The fourth-order valence-corrected chi connectivity index (χ4v) is 3.71. The molecular formula is C20H25FN2O. The van der Waals surface area contributed by atoms with E-state index < -0.39 is 6.10 Å². The highest BCUT2D eigenvalue weighted by atomic mass is 19.1. The van der Waals surface area contributed by atoms with Crippen LogP contribution in [0, 0.1) is 12.7 Å². The number of aliphatic hydroxyl groups excluding tert-OH is 1. The Morgan fingerprint density at radius 1 is 1.25 bits per heavy atom. The predicted octanol–water partition coefficient (Wildman–Crippen LogP) is 3.21. The van der Waals surface area contributed by atoms with Crippen LogP contribution in [0.4, 0.5) is 10.1 Å². The van der Waals surface area contributed by atoms with Crippen LogP contribution in [-0.2, 0) is 6.42 Å². The Bertz CT molecular complexity index is 704. The van der Waals surface area contributed by atoms with Crippen LogP contribution in [0.1, 0.15) is 29.2 Å². The van der Waals surface area contributed by atoms with E-state index in [1.165, 1.54) is 22.9 Å². The molecule has 2 aromatic rings. The average molecular weight is 328 g/mol. The van der Waals surface area contributed by atoms with Crippen LogP contribution < -0.4 is 10.2 Å². The van der Waals surface area contributed by atoms with Crippen molar-refractivity contribution in [2.75, 3.05) is 25.0 Å². The van der Waals surface area contributed by atoms with Crippen LogP contribution in [0.3, 0.4) is 0 Å². The van der Waals surface area contributed by atoms with Crippen LogP contribution in [0.15, 0.2) is 42.5 Å². The zero-order valence-corrected chi connectivity index (χ0v) is 14.3. The van der Waals surface area contributed by atoms with Gasteiger partial charge in [0.15, 0.2) is 0 Å². The van der Waals surface area contributed by atoms with E-state index in [9.17, 15) is 9.50 Å². The third-order valence-corrected chi connectivity index (χ3v) is 4.81. The Labute approximate surface area is 143 Å². The molecule has 0 saturated carbocycles. The second-order valence-corrected chi connectivity index (χ2v) is 6.49. The standard InChI is InChI=1S/C20H25FN2O/c1-14-5-3-6-15-10-12-23(19(14)15)20(18(24)9-11-22-2)16-7-4-8-17(21)13-16/h3-8,13,18,20,22,24H,9-12H2,1-2H3/t18-,20-/m1/s1. The third kappa shape index (κ3) is 3.30. The second kappa shape index (κ2) is 7.32. The summed E-state index contributed by atoms with van der Waals surface area (Å²) in [6.45, 7) is 3.67. The average Bonchev–Trinajstić information content (AvgIpc) is 2.98. The Morgan fingerprint density at radius 2 is 2.04 bits per heavy atom. The van der Waals surface area contributed by atoms with Gasteiger partial charge in [0, 0.05) is 12.2 Å². The first-order valence-corrected chi connectivity index (χ1v) is 8.55. The number of aryl methyl sites for hydroxylation is 1. The summed E-state index contributed by atoms with van der Waals surface area (Å²) in [5.41, 5.74) is 4.52. The summed E-state index contributed by atoms with van der Waals surface area (Å²) in [7, 11) is 1.87. The number of hydrogen-bond donors (Lipinski definition) is 2. The first-order valence-electron chi connectivity index (χ1n) is 8.55. The van der Waals surface area contributed by atoms with Crippen molar-refractivity contribution in [1.82, 2.24) is 5.32 Å². The molecule has 1 aliphatic heterocycles. The van der Waals surface area contributed by atoms with Gasteiger partial charge in [-0.2, -0.15) is 0 Å². The summed E-state index contributed by atoms with van der Waals surface area (Å²) in [5, 5.41) is 13.9. The van der Waals surface area contributed by atoms with Crippen LogP contribution in [0.25, 0.3) is 0 Å². The zero-order chi connectivity index (χ0) is 17.1. The summed E-state index contributed by atoms with van der Waals surface area (Å²) in [6, 6.07) is 12.7. The molecule has 2 aromatic carbocycles. The topological polar surface area (TPSA) is 35.5 Å². The van der Waals surface area contributed by atoms with Crippen molar-refractivity contribution >= 4 is 5.69 Å². The lowest BCUT2D eigenvalue weighted by atomic mass is 9.96. The van der Waals surface area contributed by atoms with Gasteiger partial charge in [0.2, 0.25) is 0 Å². The minimum atomic E-state index is -0.565. The molecule has 3 rings (SSSR count). The normalized spacial score (nSPS) is 16.1. The Hall–Kier alpha value is -1.91. The largest absolute Gasteiger partial charge is 0.391 e. The van der Waals surface area contributed by atoms with Crippen molar-refractivity contribution < 1.29 is 9.50 Å². The van der Waals surface area contributed by atoms with E-state index in [1.807, 2.05) is 13.1 Å². The molecule has 0 aliphatic carbocycles. The van der Waals surface area contributed by atoms with Gasteiger partial charge in [-0.15, -0.1) is 0 Å². The van der Waals surface area contributed by atoms with Gasteiger partial charge in [-0.05, 0) is 62.2 Å². The molecule has 1 heterocycles. The monoisotopic (exact) mass is 328 g/mol. The van der Waals surface area contributed by atoms with E-state index in [1.54, 1.807) is 12.1 Å². The van der Waals surface area contributed by atoms with Crippen molar-refractivity contribution in [2.45, 2.75) is 31.9 Å². The van der Waals surface area contributed by atoms with E-state index in [-0.39, 0.29) is 11.9 Å². The van der Waals surface area contributed by atoms with Crippen LogP contribution in [0.5, 0.6) is 0 Å². The Balaban J connectivity index is 2.00. The number of para-hydroxylation sites is 1. The molecule has 24 heavy (non-hydrogen) atoms. The minimum absolute atomic E-state index is 0.239. The lowest BCUT2D eigenvalue weighted by molar-refractivity contribution is 0.132. The number of anilines is 1. The van der Waals surface area contributed by atoms with Crippen LogP contribution in [-0.4, -0.2) is 31.3 Å². The van der Waals surface area contributed by atoms with Gasteiger partial charge >= 0.3 is 0 Å². The summed E-state index contributed by atoms with van der Waals surface area (Å²) < 4.78 is 13.8. The molecule has 2 N–H and O–H groups in total. The first-order chi connectivity index (χ1) is 11.6. The fraction of sp³-hybridized carbons (Fsp3) is 0.400. The number of benzene rings is 2. The molecular weight excluding hydrogens is 303 g/mol. The zero-order valence-electron chi connectivity index (χ0n) is 14.3.